The summed E-state index contributed by atoms with van der Waals surface area (Å²) in [5, 5.41) is 13.3. The minimum Gasteiger partial charge on any atom is -0.481 e. The highest BCUT2D eigenvalue weighted by Gasteiger charge is 2.16. The number of aliphatic carboxylic acids is 1. The molecule has 0 unspecified atom stereocenters. The van der Waals surface area contributed by atoms with Crippen molar-refractivity contribution < 1.29 is 29.0 Å². The number of nitrogens with zero attached hydrogens (tertiary/aromatic N) is 4. The first-order valence-electron chi connectivity index (χ1n) is 10.1. The minimum atomic E-state index is -1.01. The summed E-state index contributed by atoms with van der Waals surface area (Å²) in [6, 6.07) is 5.96. The van der Waals surface area contributed by atoms with Crippen LogP contribution in [0.4, 0.5) is 5.13 Å². The molecule has 2 N–H and O–H groups in total. The van der Waals surface area contributed by atoms with Crippen LogP contribution in [0, 0.1) is 0 Å². The van der Waals surface area contributed by atoms with E-state index in [1.165, 1.54) is 29.3 Å². The Hall–Kier alpha value is -4.06. The minimum absolute atomic E-state index is 0.0631. The number of pyridine rings is 2. The van der Waals surface area contributed by atoms with Crippen LogP contribution in [0.25, 0.3) is 0 Å². The molecule has 0 radical (unpaired) electrons. The summed E-state index contributed by atoms with van der Waals surface area (Å²) in [6.07, 6.45) is 0.945. The monoisotopic (exact) mass is 485 g/mol. The van der Waals surface area contributed by atoms with Gasteiger partial charge in [-0.25, -0.2) is 9.97 Å². The van der Waals surface area contributed by atoms with Gasteiger partial charge in [0.1, 0.15) is 0 Å². The van der Waals surface area contributed by atoms with Crippen molar-refractivity contribution in [3.63, 3.8) is 0 Å². The fourth-order valence-electron chi connectivity index (χ4n) is 2.67. The maximum Gasteiger partial charge on any atom is 0.309 e. The van der Waals surface area contributed by atoms with Gasteiger partial charge in [-0.15, -0.1) is 11.3 Å². The molecule has 3 rings (SSSR count). The molecule has 0 saturated carbocycles. The van der Waals surface area contributed by atoms with Crippen LogP contribution in [0.2, 0.25) is 0 Å². The molecule has 3 heterocycles. The lowest BCUT2D eigenvalue weighted by Gasteiger charge is -2.13. The standard InChI is InChI=1S/C22H23N5O6S/c1-12(2)32-17-7-14(20(30)26-22-24-15(11-34-22)9-19(28)29)8-18(25-17)33-16-6-5-13(10-23-16)21(31)27(3)4/h5-8,10-12H,9H2,1-4H3,(H,28,29)(H,24,26,30). The van der Waals surface area contributed by atoms with Gasteiger partial charge >= 0.3 is 5.97 Å². The Morgan fingerprint density at radius 2 is 1.82 bits per heavy atom. The number of carbonyl (C=O) groups is 3. The van der Waals surface area contributed by atoms with Crippen molar-refractivity contribution >= 4 is 34.3 Å². The van der Waals surface area contributed by atoms with Crippen molar-refractivity contribution in [2.45, 2.75) is 26.4 Å². The molecule has 0 aromatic carbocycles. The molecule has 3 aromatic heterocycles. The van der Waals surface area contributed by atoms with Gasteiger partial charge in [0.2, 0.25) is 17.6 Å². The summed E-state index contributed by atoms with van der Waals surface area (Å²) < 4.78 is 11.3. The zero-order valence-corrected chi connectivity index (χ0v) is 19.8. The number of carbonyl (C=O) groups excluding carboxylic acids is 2. The number of ether oxygens (including phenoxy) is 2. The molecular weight excluding hydrogens is 462 g/mol. The summed E-state index contributed by atoms with van der Waals surface area (Å²) in [6.45, 7) is 3.63. The number of hydrogen-bond donors (Lipinski definition) is 2. The molecule has 178 valence electrons. The number of anilines is 1. The number of carboxylic acids is 1. The Morgan fingerprint density at radius 1 is 1.09 bits per heavy atom. The van der Waals surface area contributed by atoms with Gasteiger partial charge in [0.25, 0.3) is 11.8 Å². The van der Waals surface area contributed by atoms with E-state index in [0.717, 1.165) is 11.3 Å². The first-order chi connectivity index (χ1) is 16.1. The second-order valence-corrected chi connectivity index (χ2v) is 8.41. The van der Waals surface area contributed by atoms with E-state index >= 15 is 0 Å². The average Bonchev–Trinajstić information content (AvgIpc) is 3.19. The van der Waals surface area contributed by atoms with Crippen LogP contribution in [0.3, 0.4) is 0 Å². The highest BCUT2D eigenvalue weighted by molar-refractivity contribution is 7.14. The highest BCUT2D eigenvalue weighted by Crippen LogP contribution is 2.25. The lowest BCUT2D eigenvalue weighted by Crippen LogP contribution is -2.21. The van der Waals surface area contributed by atoms with E-state index in [1.807, 2.05) is 13.8 Å². The predicted molar refractivity (Wildman–Crippen MR) is 124 cm³/mol. The van der Waals surface area contributed by atoms with Crippen molar-refractivity contribution in [1.29, 1.82) is 0 Å². The third-order valence-electron chi connectivity index (χ3n) is 4.10. The summed E-state index contributed by atoms with van der Waals surface area (Å²) in [5.74, 6) is -1.30. The molecule has 0 fully saturated rings. The highest BCUT2D eigenvalue weighted by atomic mass is 32.1. The molecule has 0 atom stereocenters. The van der Waals surface area contributed by atoms with Crippen molar-refractivity contribution in [3.8, 4) is 17.6 Å². The zero-order valence-electron chi connectivity index (χ0n) is 18.9. The number of rotatable bonds is 9. The van der Waals surface area contributed by atoms with E-state index in [0.29, 0.717) is 11.3 Å². The smallest absolute Gasteiger partial charge is 0.309 e. The number of carboxylic acid groups (broad SMARTS) is 1. The van der Waals surface area contributed by atoms with Gasteiger partial charge in [0, 0.05) is 43.9 Å². The molecule has 0 spiro atoms. The SMILES string of the molecule is CC(C)Oc1cc(C(=O)Nc2nc(CC(=O)O)cs2)cc(Oc2ccc(C(=O)N(C)C)cn2)n1. The Labute approximate surface area is 199 Å². The topological polar surface area (TPSA) is 144 Å². The Bertz CT molecular complexity index is 1190. The lowest BCUT2D eigenvalue weighted by atomic mass is 10.2. The number of aromatic nitrogens is 3. The predicted octanol–water partition coefficient (Wildman–Crippen LogP) is 3.09. The van der Waals surface area contributed by atoms with Crippen molar-refractivity contribution in [2.24, 2.45) is 0 Å². The summed E-state index contributed by atoms with van der Waals surface area (Å²) in [7, 11) is 3.28. The lowest BCUT2D eigenvalue weighted by molar-refractivity contribution is -0.136. The molecule has 11 nitrogen and oxygen atoms in total. The fraction of sp³-hybridized carbons (Fsp3) is 0.273. The molecule has 34 heavy (non-hydrogen) atoms. The van der Waals surface area contributed by atoms with Crippen molar-refractivity contribution in [1.82, 2.24) is 19.9 Å². The van der Waals surface area contributed by atoms with E-state index in [9.17, 15) is 14.4 Å². The van der Waals surface area contributed by atoms with Crippen molar-refractivity contribution in [2.75, 3.05) is 19.4 Å². The fourth-order valence-corrected chi connectivity index (χ4v) is 3.37. The zero-order chi connectivity index (χ0) is 24.8. The maximum absolute atomic E-state index is 12.8. The number of thiazole rings is 1. The van der Waals surface area contributed by atoms with Crippen LogP contribution in [0.15, 0.2) is 35.8 Å². The first kappa shape index (κ1) is 24.6. The number of amides is 2. The van der Waals surface area contributed by atoms with Gasteiger partial charge in [0.15, 0.2) is 5.13 Å². The van der Waals surface area contributed by atoms with Gasteiger partial charge in [-0.3, -0.25) is 19.7 Å². The van der Waals surface area contributed by atoms with Gasteiger partial charge in [-0.1, -0.05) is 0 Å². The molecule has 12 heteroatoms. The number of hydrogen-bond acceptors (Lipinski definition) is 9. The molecule has 2 amide bonds. The van der Waals surface area contributed by atoms with Gasteiger partial charge in [-0.2, -0.15) is 4.98 Å². The average molecular weight is 486 g/mol. The molecule has 0 aliphatic heterocycles. The van der Waals surface area contributed by atoms with Gasteiger partial charge in [-0.05, 0) is 19.9 Å². The van der Waals surface area contributed by atoms with Crippen LogP contribution in [-0.2, 0) is 11.2 Å². The van der Waals surface area contributed by atoms with Crippen LogP contribution in [-0.4, -0.2) is 62.9 Å². The second kappa shape index (κ2) is 10.7. The normalized spacial score (nSPS) is 10.6. The Morgan fingerprint density at radius 3 is 2.44 bits per heavy atom. The largest absolute Gasteiger partial charge is 0.481 e. The van der Waals surface area contributed by atoms with Crippen LogP contribution < -0.4 is 14.8 Å². The Balaban J connectivity index is 1.81. The third kappa shape index (κ3) is 6.72. The van der Waals surface area contributed by atoms with Crippen LogP contribution in [0.1, 0.15) is 40.3 Å². The molecular formula is C22H23N5O6S. The molecule has 0 saturated heterocycles. The van der Waals surface area contributed by atoms with E-state index in [2.05, 4.69) is 20.3 Å². The molecule has 0 bridgehead atoms. The summed E-state index contributed by atoms with van der Waals surface area (Å²) in [5.41, 5.74) is 0.931. The van der Waals surface area contributed by atoms with E-state index in [-0.39, 0.29) is 46.8 Å². The number of nitrogens with one attached hydrogen (secondary N) is 1. The Kier molecular flexibility index (Phi) is 7.74. The van der Waals surface area contributed by atoms with E-state index in [4.69, 9.17) is 14.6 Å². The second-order valence-electron chi connectivity index (χ2n) is 7.55. The molecule has 0 aliphatic rings. The molecule has 3 aromatic rings. The van der Waals surface area contributed by atoms with Crippen LogP contribution in [0.5, 0.6) is 17.6 Å². The summed E-state index contributed by atoms with van der Waals surface area (Å²) in [4.78, 5) is 49.6. The van der Waals surface area contributed by atoms with Gasteiger partial charge < -0.3 is 19.5 Å². The van der Waals surface area contributed by atoms with Crippen LogP contribution >= 0.6 is 11.3 Å². The first-order valence-corrected chi connectivity index (χ1v) is 11.0. The summed E-state index contributed by atoms with van der Waals surface area (Å²) >= 11 is 1.12. The quantitative estimate of drug-likeness (QED) is 0.467. The van der Waals surface area contributed by atoms with E-state index < -0.39 is 11.9 Å². The van der Waals surface area contributed by atoms with E-state index in [1.54, 1.807) is 25.5 Å². The van der Waals surface area contributed by atoms with Gasteiger partial charge in [0.05, 0.1) is 29.3 Å². The maximum atomic E-state index is 12.8. The molecule has 0 aliphatic carbocycles. The van der Waals surface area contributed by atoms with Crippen molar-refractivity contribution in [3.05, 3.63) is 52.7 Å². The third-order valence-corrected chi connectivity index (χ3v) is 4.91.